The molecular formula is C20H30BClN2O4. The molecule has 0 spiro atoms. The molecular weight excluding hydrogens is 378 g/mol. The van der Waals surface area contributed by atoms with Crippen LogP contribution in [0.5, 0.6) is 0 Å². The quantitative estimate of drug-likeness (QED) is 0.567. The highest BCUT2D eigenvalue weighted by Crippen LogP contribution is 2.39. The second-order valence-electron chi connectivity index (χ2n) is 8.94. The van der Waals surface area contributed by atoms with Gasteiger partial charge in [0.25, 0.3) is 0 Å². The number of ether oxygens (including phenoxy) is 1. The fraction of sp³-hybridized carbons (Fsp3) is 0.550. The van der Waals surface area contributed by atoms with E-state index in [1.165, 1.54) is 0 Å². The third kappa shape index (κ3) is 5.66. The standard InChI is InChI=1S/C20H30BClN2O4/c1-18(2,3)26-17(25)24-12-14(10-13-8-9-15(23)11-16(13)22)21-27-19(4,5)20(6,7)28-21/h8-11H,12,23H2,1-7H3,(H,24,25). The van der Waals surface area contributed by atoms with Crippen LogP contribution in [0.25, 0.3) is 6.08 Å². The number of rotatable bonds is 4. The predicted molar refractivity (Wildman–Crippen MR) is 114 cm³/mol. The summed E-state index contributed by atoms with van der Waals surface area (Å²) in [6.07, 6.45) is 1.33. The Hall–Kier alpha value is -1.70. The molecule has 1 aromatic carbocycles. The first kappa shape index (κ1) is 22.6. The van der Waals surface area contributed by atoms with Crippen molar-refractivity contribution in [3.63, 3.8) is 0 Å². The number of benzene rings is 1. The summed E-state index contributed by atoms with van der Waals surface area (Å²) in [4.78, 5) is 12.1. The molecule has 1 aliphatic heterocycles. The van der Waals surface area contributed by atoms with Crippen LogP contribution in [0.2, 0.25) is 5.02 Å². The zero-order valence-electron chi connectivity index (χ0n) is 17.7. The Kier molecular flexibility index (Phi) is 6.43. The largest absolute Gasteiger partial charge is 0.492 e. The summed E-state index contributed by atoms with van der Waals surface area (Å²) in [6, 6.07) is 5.26. The Labute approximate surface area is 172 Å². The Bertz CT molecular complexity index is 756. The average molecular weight is 409 g/mol. The van der Waals surface area contributed by atoms with Crippen molar-refractivity contribution in [3.8, 4) is 0 Å². The fourth-order valence-corrected chi connectivity index (χ4v) is 2.79. The number of amides is 1. The molecule has 1 saturated heterocycles. The molecule has 154 valence electrons. The SMILES string of the molecule is CC(C)(C)OC(=O)NCC(=Cc1ccc(N)cc1Cl)B1OC(C)(C)C(C)(C)O1. The van der Waals surface area contributed by atoms with Crippen LogP contribution in [0.15, 0.2) is 23.7 Å². The molecule has 1 amide bonds. The van der Waals surface area contributed by atoms with Crippen LogP contribution in [0.1, 0.15) is 54.0 Å². The van der Waals surface area contributed by atoms with Gasteiger partial charge in [-0.15, -0.1) is 0 Å². The summed E-state index contributed by atoms with van der Waals surface area (Å²) in [5, 5.41) is 3.27. The van der Waals surface area contributed by atoms with Crippen molar-refractivity contribution >= 4 is 36.6 Å². The van der Waals surface area contributed by atoms with Gasteiger partial charge in [-0.25, -0.2) is 4.79 Å². The number of nitrogens with one attached hydrogen (secondary N) is 1. The van der Waals surface area contributed by atoms with Gasteiger partial charge in [-0.3, -0.25) is 0 Å². The van der Waals surface area contributed by atoms with Gasteiger partial charge in [-0.1, -0.05) is 23.7 Å². The molecule has 0 unspecified atom stereocenters. The van der Waals surface area contributed by atoms with Gasteiger partial charge in [0.15, 0.2) is 0 Å². The van der Waals surface area contributed by atoms with E-state index in [2.05, 4.69) is 5.32 Å². The molecule has 1 aliphatic rings. The van der Waals surface area contributed by atoms with E-state index in [4.69, 9.17) is 31.4 Å². The molecule has 0 aliphatic carbocycles. The molecule has 1 heterocycles. The summed E-state index contributed by atoms with van der Waals surface area (Å²) >= 11 is 6.32. The summed E-state index contributed by atoms with van der Waals surface area (Å²) in [7, 11) is -0.631. The third-order valence-corrected chi connectivity index (χ3v) is 5.08. The lowest BCUT2D eigenvalue weighted by atomic mass is 9.77. The van der Waals surface area contributed by atoms with Gasteiger partial charge in [0, 0.05) is 17.3 Å². The van der Waals surface area contributed by atoms with E-state index in [1.54, 1.807) is 12.1 Å². The first-order valence-electron chi connectivity index (χ1n) is 9.28. The normalized spacial score (nSPS) is 18.9. The smallest absolute Gasteiger partial charge is 0.444 e. The van der Waals surface area contributed by atoms with Crippen molar-refractivity contribution in [3.05, 3.63) is 34.3 Å². The molecule has 0 bridgehead atoms. The minimum absolute atomic E-state index is 0.187. The first-order chi connectivity index (χ1) is 12.7. The fourth-order valence-electron chi connectivity index (χ4n) is 2.55. The Morgan fingerprint density at radius 3 is 2.32 bits per heavy atom. The number of hydrogen-bond donors (Lipinski definition) is 2. The maximum Gasteiger partial charge on any atom is 0.492 e. The highest BCUT2D eigenvalue weighted by molar-refractivity contribution is 6.56. The van der Waals surface area contributed by atoms with Crippen LogP contribution in [-0.2, 0) is 14.0 Å². The number of nitrogen functional groups attached to an aromatic ring is 1. The van der Waals surface area contributed by atoms with Crippen LogP contribution in [0, 0.1) is 0 Å². The van der Waals surface area contributed by atoms with E-state index in [0.29, 0.717) is 10.7 Å². The van der Waals surface area contributed by atoms with E-state index in [1.807, 2.05) is 60.6 Å². The topological polar surface area (TPSA) is 82.8 Å². The molecule has 3 N–H and O–H groups in total. The Balaban J connectivity index is 2.28. The number of carbonyl (C=O) groups is 1. The molecule has 6 nitrogen and oxygen atoms in total. The molecule has 1 aromatic rings. The van der Waals surface area contributed by atoms with Crippen molar-refractivity contribution in [2.75, 3.05) is 12.3 Å². The Morgan fingerprint density at radius 2 is 1.82 bits per heavy atom. The second-order valence-corrected chi connectivity index (χ2v) is 9.35. The molecule has 0 atom stereocenters. The van der Waals surface area contributed by atoms with Crippen molar-refractivity contribution in [2.45, 2.75) is 65.3 Å². The zero-order valence-corrected chi connectivity index (χ0v) is 18.4. The molecule has 0 aromatic heterocycles. The van der Waals surface area contributed by atoms with E-state index in [9.17, 15) is 4.79 Å². The maximum absolute atomic E-state index is 12.1. The summed E-state index contributed by atoms with van der Waals surface area (Å²) < 4.78 is 17.6. The zero-order chi connectivity index (χ0) is 21.3. The minimum Gasteiger partial charge on any atom is -0.444 e. The van der Waals surface area contributed by atoms with Crippen LogP contribution in [0.3, 0.4) is 0 Å². The van der Waals surface area contributed by atoms with Crippen molar-refractivity contribution in [2.24, 2.45) is 0 Å². The van der Waals surface area contributed by atoms with Gasteiger partial charge in [0.1, 0.15) is 5.60 Å². The highest BCUT2D eigenvalue weighted by Gasteiger charge is 2.52. The van der Waals surface area contributed by atoms with Crippen LogP contribution < -0.4 is 11.1 Å². The number of halogens is 1. The Morgan fingerprint density at radius 1 is 1.25 bits per heavy atom. The van der Waals surface area contributed by atoms with Crippen LogP contribution in [-0.4, -0.2) is 36.6 Å². The number of nitrogens with two attached hydrogens (primary N) is 1. The maximum atomic E-state index is 12.1. The third-order valence-electron chi connectivity index (χ3n) is 4.76. The second kappa shape index (κ2) is 7.97. The van der Waals surface area contributed by atoms with Crippen molar-refractivity contribution in [1.82, 2.24) is 5.32 Å². The number of hydrogen-bond acceptors (Lipinski definition) is 5. The average Bonchev–Trinajstić information content (AvgIpc) is 2.71. The summed E-state index contributed by atoms with van der Waals surface area (Å²) in [5.41, 5.74) is 6.23. The number of alkyl carbamates (subject to hydrolysis) is 1. The summed E-state index contributed by atoms with van der Waals surface area (Å²) in [5.74, 6) is 0. The first-order valence-corrected chi connectivity index (χ1v) is 9.66. The van der Waals surface area contributed by atoms with Gasteiger partial charge >= 0.3 is 13.2 Å². The highest BCUT2D eigenvalue weighted by atomic mass is 35.5. The predicted octanol–water partition coefficient (Wildman–Crippen LogP) is 4.46. The van der Waals surface area contributed by atoms with E-state index in [0.717, 1.165) is 11.0 Å². The minimum atomic E-state index is -0.631. The lowest BCUT2D eigenvalue weighted by Crippen LogP contribution is -2.41. The molecule has 0 saturated carbocycles. The molecule has 0 radical (unpaired) electrons. The monoisotopic (exact) mass is 408 g/mol. The van der Waals surface area contributed by atoms with Gasteiger partial charge in [-0.2, -0.15) is 0 Å². The number of carbonyl (C=O) groups excluding carboxylic acids is 1. The lowest BCUT2D eigenvalue weighted by molar-refractivity contribution is 0.00578. The van der Waals surface area contributed by atoms with Crippen LogP contribution >= 0.6 is 11.6 Å². The van der Waals surface area contributed by atoms with Crippen molar-refractivity contribution < 1.29 is 18.8 Å². The molecule has 28 heavy (non-hydrogen) atoms. The van der Waals surface area contributed by atoms with Crippen LogP contribution in [0.4, 0.5) is 10.5 Å². The van der Waals surface area contributed by atoms with E-state index in [-0.39, 0.29) is 6.54 Å². The number of anilines is 1. The molecule has 8 heteroatoms. The van der Waals surface area contributed by atoms with Gasteiger partial charge in [-0.05, 0) is 71.6 Å². The summed E-state index contributed by atoms with van der Waals surface area (Å²) in [6.45, 7) is 13.5. The van der Waals surface area contributed by atoms with Crippen molar-refractivity contribution in [1.29, 1.82) is 0 Å². The van der Waals surface area contributed by atoms with Gasteiger partial charge in [0.05, 0.1) is 11.2 Å². The van der Waals surface area contributed by atoms with E-state index < -0.39 is 30.0 Å². The lowest BCUT2D eigenvalue weighted by Gasteiger charge is -2.32. The molecule has 1 fully saturated rings. The molecule has 2 rings (SSSR count). The van der Waals surface area contributed by atoms with Gasteiger partial charge < -0.3 is 25.1 Å². The van der Waals surface area contributed by atoms with Gasteiger partial charge in [0.2, 0.25) is 0 Å². The van der Waals surface area contributed by atoms with E-state index >= 15 is 0 Å².